The Bertz CT molecular complexity index is 1810. The smallest absolute Gasteiger partial charge is 0.419 e. The molecule has 5 N–H and O–H groups in total. The van der Waals surface area contributed by atoms with E-state index in [0.29, 0.717) is 70.6 Å². The van der Waals surface area contributed by atoms with E-state index in [4.69, 9.17) is 49.4 Å². The molecule has 17 nitrogen and oxygen atoms in total. The number of primary amides is 1. The van der Waals surface area contributed by atoms with Crippen molar-refractivity contribution in [1.82, 2.24) is 9.55 Å². The van der Waals surface area contributed by atoms with Crippen LogP contribution in [-0.2, 0) is 47.5 Å². The largest absolute Gasteiger partial charge is 0.461 e. The summed E-state index contributed by atoms with van der Waals surface area (Å²) >= 11 is 0. The van der Waals surface area contributed by atoms with Gasteiger partial charge in [0.15, 0.2) is 11.9 Å². The van der Waals surface area contributed by atoms with E-state index < -0.39 is 95.9 Å². The van der Waals surface area contributed by atoms with Gasteiger partial charge in [0.1, 0.15) is 24.8 Å². The predicted octanol–water partition coefficient (Wildman–Crippen LogP) is 5.88. The van der Waals surface area contributed by atoms with Crippen LogP contribution in [0.2, 0.25) is 0 Å². The van der Waals surface area contributed by atoms with Gasteiger partial charge in [0.2, 0.25) is 5.79 Å². The second kappa shape index (κ2) is 20.9. The van der Waals surface area contributed by atoms with Gasteiger partial charge in [-0.2, -0.15) is 0 Å². The maximum absolute atomic E-state index is 15.1. The van der Waals surface area contributed by atoms with Gasteiger partial charge in [-0.25, -0.2) is 19.1 Å². The molecule has 4 saturated heterocycles. The highest BCUT2D eigenvalue weighted by Crippen LogP contribution is 2.52. The predicted molar refractivity (Wildman–Crippen MR) is 232 cm³/mol. The Morgan fingerprint density at radius 3 is 2.36 bits per heavy atom. The second-order valence-electron chi connectivity index (χ2n) is 18.7. The maximum atomic E-state index is 15.1. The van der Waals surface area contributed by atoms with Crippen molar-refractivity contribution in [3.63, 3.8) is 0 Å². The van der Waals surface area contributed by atoms with Crippen LogP contribution < -0.4 is 11.5 Å². The topological polar surface area (TPSA) is 232 Å². The number of esters is 1. The molecule has 0 aromatic carbocycles. The van der Waals surface area contributed by atoms with Crippen LogP contribution in [0.4, 0.5) is 9.59 Å². The van der Waals surface area contributed by atoms with E-state index in [1.807, 2.05) is 41.5 Å². The summed E-state index contributed by atoms with van der Waals surface area (Å²) in [6.07, 6.45) is 8.18. The third-order valence-corrected chi connectivity index (χ3v) is 14.7. The molecule has 0 radical (unpaired) electrons. The molecule has 17 atom stereocenters. The van der Waals surface area contributed by atoms with E-state index in [1.54, 1.807) is 19.1 Å². The lowest BCUT2D eigenvalue weighted by atomic mass is 9.73. The highest BCUT2D eigenvalue weighted by molar-refractivity contribution is 5.85. The minimum Gasteiger partial charge on any atom is -0.461 e. The molecule has 5 aliphatic rings. The van der Waals surface area contributed by atoms with Gasteiger partial charge in [0, 0.05) is 30.7 Å². The molecule has 1 aromatic rings. The normalized spacial score (nSPS) is 37.5. The summed E-state index contributed by atoms with van der Waals surface area (Å²) in [5, 5.41) is 11.1. The first-order valence-corrected chi connectivity index (χ1v) is 23.4. The number of hydrogen-bond donors (Lipinski definition) is 3. The molecular weight excluding hydrogens is 829 g/mol. The van der Waals surface area contributed by atoms with Crippen molar-refractivity contribution < 1.29 is 62.2 Å². The van der Waals surface area contributed by atoms with Gasteiger partial charge in [0.25, 0.3) is 0 Å². The number of ether oxygens (including phenoxy) is 8. The lowest BCUT2D eigenvalue weighted by Gasteiger charge is -2.54. The molecular formula is C47H72N4O13. The third-order valence-electron chi connectivity index (χ3n) is 14.7. The second-order valence-corrected chi connectivity index (χ2v) is 18.7. The van der Waals surface area contributed by atoms with Crippen LogP contribution in [-0.4, -0.2) is 117 Å². The van der Waals surface area contributed by atoms with E-state index in [2.05, 4.69) is 11.6 Å². The molecule has 5 aliphatic heterocycles. The fourth-order valence-electron chi connectivity index (χ4n) is 10.8. The van der Waals surface area contributed by atoms with Crippen LogP contribution in [0.15, 0.2) is 43.5 Å². The van der Waals surface area contributed by atoms with Crippen LogP contribution in [0.1, 0.15) is 119 Å². The number of amides is 1. The number of aliphatic hydroxyl groups is 1. The van der Waals surface area contributed by atoms with Crippen molar-refractivity contribution in [2.45, 2.75) is 191 Å². The summed E-state index contributed by atoms with van der Waals surface area (Å²) in [5.74, 6) is -5.97. The van der Waals surface area contributed by atoms with E-state index in [9.17, 15) is 19.5 Å². The van der Waals surface area contributed by atoms with Crippen molar-refractivity contribution >= 4 is 23.9 Å². The van der Waals surface area contributed by atoms with Crippen molar-refractivity contribution in [3.8, 4) is 0 Å². The highest BCUT2D eigenvalue weighted by atomic mass is 16.8. The van der Waals surface area contributed by atoms with Gasteiger partial charge >= 0.3 is 18.2 Å². The van der Waals surface area contributed by atoms with E-state index >= 15 is 4.79 Å². The Morgan fingerprint density at radius 1 is 1.00 bits per heavy atom. The average Bonchev–Trinajstić information content (AvgIpc) is 3.98. The molecule has 0 bridgehead atoms. The number of imidazole rings is 1. The molecule has 358 valence electrons. The Morgan fingerprint density at radius 2 is 1.72 bits per heavy atom. The zero-order valence-corrected chi connectivity index (χ0v) is 38.6. The van der Waals surface area contributed by atoms with Crippen LogP contribution >= 0.6 is 0 Å². The highest BCUT2D eigenvalue weighted by Gasteiger charge is 2.61. The molecule has 1 aromatic heterocycles. The number of carbonyl (C=O) groups excluding carboxylic acids is 4. The Labute approximate surface area is 377 Å². The molecule has 64 heavy (non-hydrogen) atoms. The molecule has 2 spiro atoms. The van der Waals surface area contributed by atoms with Gasteiger partial charge in [-0.05, 0) is 89.2 Å². The number of rotatable bonds is 16. The van der Waals surface area contributed by atoms with Crippen LogP contribution in [0, 0.1) is 29.6 Å². The number of ketones is 1. The molecule has 6 heterocycles. The van der Waals surface area contributed by atoms with Gasteiger partial charge < -0.3 is 54.5 Å². The number of carbonyl (C=O) groups is 4. The molecule has 17 unspecified atom stereocenters. The zero-order chi connectivity index (χ0) is 46.6. The van der Waals surface area contributed by atoms with Crippen LogP contribution in [0.5, 0.6) is 0 Å². The number of nitrogens with two attached hydrogens (primary N) is 2. The van der Waals surface area contributed by atoms with Gasteiger partial charge in [-0.3, -0.25) is 9.59 Å². The third kappa shape index (κ3) is 10.3. The number of Topliss-reactive ketones (excluding diaryl/α,β-unsaturated/α-hetero) is 1. The molecule has 0 saturated carbocycles. The monoisotopic (exact) mass is 901 g/mol. The quantitative estimate of drug-likeness (QED) is 0.0999. The summed E-state index contributed by atoms with van der Waals surface area (Å²) in [4.78, 5) is 57.9. The van der Waals surface area contributed by atoms with Crippen molar-refractivity contribution in [1.29, 1.82) is 0 Å². The number of nitrogens with zero attached hydrogens (tertiary/aromatic N) is 2. The van der Waals surface area contributed by atoms with E-state index in [1.165, 1.54) is 29.4 Å². The van der Waals surface area contributed by atoms with Crippen LogP contribution in [0.25, 0.3) is 0 Å². The van der Waals surface area contributed by atoms with Gasteiger partial charge in [-0.15, -0.1) is 0 Å². The molecule has 4 fully saturated rings. The maximum Gasteiger partial charge on any atom is 0.419 e. The first kappa shape index (κ1) is 49.7. The molecule has 1 amide bonds. The number of aromatic nitrogens is 2. The van der Waals surface area contributed by atoms with E-state index in [-0.39, 0.29) is 36.3 Å². The average molecular weight is 901 g/mol. The summed E-state index contributed by atoms with van der Waals surface area (Å²) < 4.78 is 52.1. The summed E-state index contributed by atoms with van der Waals surface area (Å²) in [6.45, 7) is 17.1. The molecule has 17 heteroatoms. The summed E-state index contributed by atoms with van der Waals surface area (Å²) in [6, 6.07) is -0.949. The molecule has 0 aliphatic carbocycles. The Balaban J connectivity index is 1.24. The first-order valence-electron chi connectivity index (χ1n) is 23.4. The Hall–Kier alpha value is -3.71. The Kier molecular flexibility index (Phi) is 16.2. The lowest BCUT2D eigenvalue weighted by Crippen LogP contribution is -2.63. The standard InChI is InChI=1S/C47H72N4O13/c1-9-24-57-42(53)31(10-2)33-14-13-15-36(59-33)38(48)41(61-44(55)51-23-22-50-26-51)29(7)39(52)32(11-3)40-27(5)25-28(6)46(63-40)21-18-37(60-43(49)54)47(64-46)20-17-35(62-47)34-16-19-45(56,12-4)30(8)58-34/h9,18,21-23,26-38,40-41,56H,1,10-17,19-20,24-25,48H2,2-8H3,(H2,49,54). The van der Waals surface area contributed by atoms with Crippen LogP contribution in [0.3, 0.4) is 0 Å². The minimum absolute atomic E-state index is 0.0850. The SMILES string of the molecule is C=CCOC(=O)C(CC)C1CCCC(C(N)C(OC(=O)n2ccnc2)C(C)C(=O)C(CC)C2OC3(C=CC(OC(N)=O)C4(CCC(C5CCC(O)(CC)C(C)O5)O4)O3)C(C)CC2C)O1. The van der Waals surface area contributed by atoms with Gasteiger partial charge in [0.05, 0.1) is 60.1 Å². The lowest BCUT2D eigenvalue weighted by molar-refractivity contribution is -0.400. The van der Waals surface area contributed by atoms with Gasteiger partial charge in [-0.1, -0.05) is 54.2 Å². The fraction of sp³-hybridized carbons (Fsp3) is 0.766. The molecule has 6 rings (SSSR count). The minimum atomic E-state index is -1.48. The van der Waals surface area contributed by atoms with E-state index in [0.717, 1.165) is 0 Å². The van der Waals surface area contributed by atoms with Crippen molar-refractivity contribution in [2.24, 2.45) is 41.1 Å². The van der Waals surface area contributed by atoms with Crippen molar-refractivity contribution in [2.75, 3.05) is 6.61 Å². The summed E-state index contributed by atoms with van der Waals surface area (Å²) in [5.41, 5.74) is 11.7. The fourth-order valence-corrected chi connectivity index (χ4v) is 10.8. The first-order chi connectivity index (χ1) is 30.4. The van der Waals surface area contributed by atoms with Crippen molar-refractivity contribution in [3.05, 3.63) is 43.5 Å². The number of hydrogen-bond acceptors (Lipinski definition) is 15. The summed E-state index contributed by atoms with van der Waals surface area (Å²) in [7, 11) is 0. The zero-order valence-electron chi connectivity index (χ0n) is 38.6.